The highest BCUT2D eigenvalue weighted by Crippen LogP contribution is 2.17. The van der Waals surface area contributed by atoms with E-state index in [0.29, 0.717) is 11.3 Å². The first-order valence-corrected chi connectivity index (χ1v) is 8.78. The summed E-state index contributed by atoms with van der Waals surface area (Å²) in [7, 11) is 1.25. The molecule has 0 fully saturated rings. The van der Waals surface area contributed by atoms with Crippen molar-refractivity contribution in [2.75, 3.05) is 19.0 Å². The lowest BCUT2D eigenvalue weighted by Crippen LogP contribution is -2.30. The zero-order valence-electron chi connectivity index (χ0n) is 15.4. The van der Waals surface area contributed by atoms with Gasteiger partial charge in [0.1, 0.15) is 6.54 Å². The number of carbonyl (C=O) groups is 3. The van der Waals surface area contributed by atoms with Gasteiger partial charge in [-0.1, -0.05) is 42.5 Å². The lowest BCUT2D eigenvalue weighted by Gasteiger charge is -2.08. The Labute approximate surface area is 162 Å². The molecule has 3 rings (SSSR count). The van der Waals surface area contributed by atoms with Crippen LogP contribution in [-0.2, 0) is 20.7 Å². The van der Waals surface area contributed by atoms with E-state index in [-0.39, 0.29) is 24.8 Å². The normalized spacial score (nSPS) is 10.3. The number of hydrogen-bond acceptors (Lipinski definition) is 4. The van der Waals surface area contributed by atoms with Crippen molar-refractivity contribution in [3.05, 3.63) is 77.9 Å². The van der Waals surface area contributed by atoms with Crippen molar-refractivity contribution in [2.45, 2.75) is 6.42 Å². The maximum Gasteiger partial charge on any atom is 0.325 e. The predicted molar refractivity (Wildman–Crippen MR) is 107 cm³/mol. The largest absolute Gasteiger partial charge is 0.468 e. The van der Waals surface area contributed by atoms with Crippen molar-refractivity contribution in [1.29, 1.82) is 0 Å². The van der Waals surface area contributed by atoms with Crippen molar-refractivity contribution in [1.82, 2.24) is 5.32 Å². The van der Waals surface area contributed by atoms with Crippen molar-refractivity contribution in [3.63, 3.8) is 0 Å². The van der Waals surface area contributed by atoms with Crippen molar-refractivity contribution in [3.8, 4) is 0 Å². The molecule has 0 bridgehead atoms. The van der Waals surface area contributed by atoms with Crippen LogP contribution in [0.2, 0.25) is 0 Å². The monoisotopic (exact) mass is 376 g/mol. The van der Waals surface area contributed by atoms with Crippen LogP contribution in [0.25, 0.3) is 10.8 Å². The molecule has 2 amide bonds. The Hall–Kier alpha value is -3.67. The van der Waals surface area contributed by atoms with Crippen LogP contribution >= 0.6 is 0 Å². The second-order valence-corrected chi connectivity index (χ2v) is 6.24. The highest BCUT2D eigenvalue weighted by atomic mass is 16.5. The molecule has 0 radical (unpaired) electrons. The van der Waals surface area contributed by atoms with Crippen LogP contribution in [0.1, 0.15) is 15.9 Å². The molecule has 0 aromatic heterocycles. The molecule has 142 valence electrons. The van der Waals surface area contributed by atoms with Gasteiger partial charge >= 0.3 is 5.97 Å². The number of fused-ring (bicyclic) bond motifs is 1. The number of benzene rings is 3. The molecule has 0 spiro atoms. The molecule has 6 nitrogen and oxygen atoms in total. The zero-order valence-corrected chi connectivity index (χ0v) is 15.4. The Morgan fingerprint density at radius 2 is 1.61 bits per heavy atom. The molecular weight excluding hydrogens is 356 g/mol. The van der Waals surface area contributed by atoms with E-state index in [1.54, 1.807) is 24.3 Å². The molecule has 0 unspecified atom stereocenters. The average molecular weight is 376 g/mol. The van der Waals surface area contributed by atoms with Crippen molar-refractivity contribution in [2.24, 2.45) is 0 Å². The van der Waals surface area contributed by atoms with Gasteiger partial charge in [0, 0.05) is 11.3 Å². The van der Waals surface area contributed by atoms with Gasteiger partial charge in [0.2, 0.25) is 5.91 Å². The maximum absolute atomic E-state index is 12.3. The van der Waals surface area contributed by atoms with E-state index < -0.39 is 5.97 Å². The van der Waals surface area contributed by atoms with Gasteiger partial charge in [-0.25, -0.2) is 0 Å². The summed E-state index contributed by atoms with van der Waals surface area (Å²) in [5.41, 5.74) is 1.90. The zero-order chi connectivity index (χ0) is 19.9. The first-order valence-electron chi connectivity index (χ1n) is 8.78. The molecule has 0 saturated heterocycles. The summed E-state index contributed by atoms with van der Waals surface area (Å²) in [4.78, 5) is 35.3. The molecule has 3 aromatic rings. The number of anilines is 1. The fourth-order valence-electron chi connectivity index (χ4n) is 2.77. The first kappa shape index (κ1) is 19.1. The Balaban J connectivity index is 1.57. The SMILES string of the molecule is COC(=O)CNC(=O)c1ccc(NC(=O)Cc2ccc3ccccc3c2)cc1. The van der Waals surface area contributed by atoms with E-state index in [1.165, 1.54) is 7.11 Å². The summed E-state index contributed by atoms with van der Waals surface area (Å²) >= 11 is 0. The lowest BCUT2D eigenvalue weighted by atomic mass is 10.0. The predicted octanol–water partition coefficient (Wildman–Crippen LogP) is 2.92. The number of rotatable bonds is 6. The molecule has 3 aromatic carbocycles. The van der Waals surface area contributed by atoms with Gasteiger partial charge in [-0.05, 0) is 40.6 Å². The third kappa shape index (κ3) is 4.94. The van der Waals surface area contributed by atoms with Crippen LogP contribution in [0.15, 0.2) is 66.7 Å². The average Bonchev–Trinajstić information content (AvgIpc) is 2.72. The molecule has 6 heteroatoms. The van der Waals surface area contributed by atoms with Crippen LogP contribution < -0.4 is 10.6 Å². The number of methoxy groups -OCH3 is 1. The lowest BCUT2D eigenvalue weighted by molar-refractivity contribution is -0.139. The molecule has 0 heterocycles. The van der Waals surface area contributed by atoms with Crippen LogP contribution in [-0.4, -0.2) is 31.4 Å². The third-order valence-corrected chi connectivity index (χ3v) is 4.23. The minimum atomic E-state index is -0.522. The Morgan fingerprint density at radius 1 is 0.893 bits per heavy atom. The van der Waals surface area contributed by atoms with Crippen LogP contribution in [0.5, 0.6) is 0 Å². The molecule has 0 aliphatic heterocycles. The summed E-state index contributed by atoms with van der Waals surface area (Å²) in [5, 5.41) is 7.50. The molecular formula is C22H20N2O4. The van der Waals surface area contributed by atoms with E-state index in [2.05, 4.69) is 15.4 Å². The number of carbonyl (C=O) groups excluding carboxylic acids is 3. The summed E-state index contributed by atoms with van der Waals surface area (Å²) in [6.07, 6.45) is 0.256. The summed E-state index contributed by atoms with van der Waals surface area (Å²) < 4.78 is 4.47. The van der Waals surface area contributed by atoms with Gasteiger partial charge in [0.05, 0.1) is 13.5 Å². The van der Waals surface area contributed by atoms with Gasteiger partial charge in [0.15, 0.2) is 0 Å². The van der Waals surface area contributed by atoms with Crippen molar-refractivity contribution < 1.29 is 19.1 Å². The maximum atomic E-state index is 12.3. The quantitative estimate of drug-likeness (QED) is 0.648. The summed E-state index contributed by atoms with van der Waals surface area (Å²) in [6, 6.07) is 20.4. The minimum Gasteiger partial charge on any atom is -0.468 e. The molecule has 0 atom stereocenters. The minimum absolute atomic E-state index is 0.141. The molecule has 0 aliphatic carbocycles. The van der Waals surface area contributed by atoms with Gasteiger partial charge in [-0.3, -0.25) is 14.4 Å². The fourth-order valence-corrected chi connectivity index (χ4v) is 2.77. The van der Waals surface area contributed by atoms with E-state index in [9.17, 15) is 14.4 Å². The molecule has 28 heavy (non-hydrogen) atoms. The Morgan fingerprint density at radius 3 is 2.32 bits per heavy atom. The summed E-state index contributed by atoms with van der Waals surface area (Å²) in [6.45, 7) is -0.195. The van der Waals surface area contributed by atoms with Gasteiger partial charge < -0.3 is 15.4 Å². The standard InChI is InChI=1S/C22H20N2O4/c1-28-21(26)14-23-22(27)17-8-10-19(11-9-17)24-20(25)13-15-6-7-16-4-2-3-5-18(16)12-15/h2-12H,13-14H2,1H3,(H,23,27)(H,24,25). The van der Waals surface area contributed by atoms with Gasteiger partial charge in [0.25, 0.3) is 5.91 Å². The summed E-state index contributed by atoms with van der Waals surface area (Å²) in [5.74, 6) is -1.05. The van der Waals surface area contributed by atoms with Gasteiger partial charge in [-0.15, -0.1) is 0 Å². The molecule has 2 N–H and O–H groups in total. The van der Waals surface area contributed by atoms with Crippen LogP contribution in [0.4, 0.5) is 5.69 Å². The van der Waals surface area contributed by atoms with E-state index in [4.69, 9.17) is 0 Å². The van der Waals surface area contributed by atoms with Crippen LogP contribution in [0, 0.1) is 0 Å². The molecule has 0 aliphatic rings. The van der Waals surface area contributed by atoms with Gasteiger partial charge in [-0.2, -0.15) is 0 Å². The van der Waals surface area contributed by atoms with E-state index in [0.717, 1.165) is 16.3 Å². The number of hydrogen-bond donors (Lipinski definition) is 2. The highest BCUT2D eigenvalue weighted by Gasteiger charge is 2.09. The van der Waals surface area contributed by atoms with Crippen molar-refractivity contribution >= 4 is 34.2 Å². The van der Waals surface area contributed by atoms with E-state index >= 15 is 0 Å². The Bertz CT molecular complexity index is 1010. The Kier molecular flexibility index (Phi) is 6.01. The second kappa shape index (κ2) is 8.81. The number of nitrogens with one attached hydrogen (secondary N) is 2. The van der Waals surface area contributed by atoms with E-state index in [1.807, 2.05) is 42.5 Å². The van der Waals surface area contributed by atoms with Crippen LogP contribution in [0.3, 0.4) is 0 Å². The number of esters is 1. The highest BCUT2D eigenvalue weighted by molar-refractivity contribution is 5.97. The third-order valence-electron chi connectivity index (χ3n) is 4.23. The second-order valence-electron chi connectivity index (χ2n) is 6.24. The topological polar surface area (TPSA) is 84.5 Å². The smallest absolute Gasteiger partial charge is 0.325 e. The fraction of sp³-hybridized carbons (Fsp3) is 0.136. The first-order chi connectivity index (χ1) is 13.5. The number of amides is 2. The number of ether oxygens (including phenoxy) is 1. The molecule has 0 saturated carbocycles.